The van der Waals surface area contributed by atoms with E-state index in [0.717, 1.165) is 8.45 Å². The number of hydrogen-bond donors (Lipinski definition) is 2. The van der Waals surface area contributed by atoms with Crippen LogP contribution in [0.15, 0.2) is 29.6 Å². The number of thiophene rings is 1. The van der Waals surface area contributed by atoms with E-state index in [4.69, 9.17) is 5.11 Å². The molecule has 0 atom stereocenters. The monoisotopic (exact) mass is 387 g/mol. The second-order valence-corrected chi connectivity index (χ2v) is 6.73. The van der Waals surface area contributed by atoms with Crippen LogP contribution in [-0.2, 0) is 0 Å². The van der Waals surface area contributed by atoms with Gasteiger partial charge >= 0.3 is 5.97 Å². The molecule has 0 fully saturated rings. The Kier molecular flexibility index (Phi) is 4.20. The third-order valence-electron chi connectivity index (χ3n) is 2.55. The zero-order valence-corrected chi connectivity index (χ0v) is 12.9. The summed E-state index contributed by atoms with van der Waals surface area (Å²) in [6, 6.07) is 6.42. The zero-order valence-electron chi connectivity index (χ0n) is 9.94. The lowest BCUT2D eigenvalue weighted by atomic mass is 10.1. The maximum Gasteiger partial charge on any atom is 0.335 e. The largest absolute Gasteiger partial charge is 0.478 e. The highest BCUT2D eigenvalue weighted by Crippen LogP contribution is 2.20. The second-order valence-electron chi connectivity index (χ2n) is 3.93. The van der Waals surface area contributed by atoms with Crippen molar-refractivity contribution in [3.8, 4) is 0 Å². The van der Waals surface area contributed by atoms with Crippen molar-refractivity contribution in [3.63, 3.8) is 0 Å². The second kappa shape index (κ2) is 5.70. The van der Waals surface area contributed by atoms with Crippen molar-refractivity contribution in [2.75, 3.05) is 5.32 Å². The van der Waals surface area contributed by atoms with E-state index in [1.54, 1.807) is 18.4 Å². The van der Waals surface area contributed by atoms with Gasteiger partial charge in [-0.15, -0.1) is 11.3 Å². The molecule has 2 N–H and O–H groups in total. The predicted molar refractivity (Wildman–Crippen MR) is 83.1 cm³/mol. The number of halogens is 1. The molecule has 0 bridgehead atoms. The number of aromatic carboxylic acids is 1. The average molecular weight is 387 g/mol. The van der Waals surface area contributed by atoms with Crippen LogP contribution < -0.4 is 5.32 Å². The number of carbonyl (C=O) groups is 2. The van der Waals surface area contributed by atoms with Crippen molar-refractivity contribution >= 4 is 51.5 Å². The van der Waals surface area contributed by atoms with E-state index in [2.05, 4.69) is 27.9 Å². The molecule has 0 unspecified atom stereocenters. The van der Waals surface area contributed by atoms with E-state index in [1.165, 1.54) is 23.5 Å². The van der Waals surface area contributed by atoms with E-state index in [0.29, 0.717) is 11.3 Å². The molecule has 1 amide bonds. The number of nitrogens with one attached hydrogen (secondary N) is 1. The van der Waals surface area contributed by atoms with Crippen LogP contribution in [0.1, 0.15) is 26.3 Å². The van der Waals surface area contributed by atoms with Gasteiger partial charge in [0.15, 0.2) is 0 Å². The molecule has 4 nitrogen and oxygen atoms in total. The quantitative estimate of drug-likeness (QED) is 0.791. The van der Waals surface area contributed by atoms with Gasteiger partial charge < -0.3 is 10.4 Å². The van der Waals surface area contributed by atoms with E-state index in [-0.39, 0.29) is 11.5 Å². The van der Waals surface area contributed by atoms with E-state index in [9.17, 15) is 9.59 Å². The highest BCUT2D eigenvalue weighted by atomic mass is 127. The van der Waals surface area contributed by atoms with Crippen LogP contribution in [0.5, 0.6) is 0 Å². The summed E-state index contributed by atoms with van der Waals surface area (Å²) in [7, 11) is 0. The first-order chi connectivity index (χ1) is 8.97. The Bertz CT molecular complexity index is 651. The summed E-state index contributed by atoms with van der Waals surface area (Å²) in [5.74, 6) is -1.17. The third kappa shape index (κ3) is 3.32. The van der Waals surface area contributed by atoms with Gasteiger partial charge in [-0.05, 0) is 59.3 Å². The molecule has 98 valence electrons. The van der Waals surface area contributed by atoms with Gasteiger partial charge in [-0.1, -0.05) is 0 Å². The third-order valence-corrected chi connectivity index (χ3v) is 4.34. The summed E-state index contributed by atoms with van der Waals surface area (Å²) in [6.45, 7) is 1.76. The summed E-state index contributed by atoms with van der Waals surface area (Å²) in [5.41, 5.74) is 2.16. The molecule has 0 spiro atoms. The predicted octanol–water partition coefficient (Wildman–Crippen LogP) is 3.61. The first kappa shape index (κ1) is 14.0. The number of hydrogen-bond acceptors (Lipinski definition) is 3. The van der Waals surface area contributed by atoms with E-state index < -0.39 is 5.97 Å². The van der Waals surface area contributed by atoms with Crippen molar-refractivity contribution in [3.05, 3.63) is 49.2 Å². The molecule has 6 heteroatoms. The number of carbonyl (C=O) groups excluding carboxylic acids is 1. The van der Waals surface area contributed by atoms with Crippen molar-refractivity contribution in [1.82, 2.24) is 0 Å². The van der Waals surface area contributed by atoms with Crippen LogP contribution >= 0.6 is 33.9 Å². The Morgan fingerprint density at radius 3 is 2.53 bits per heavy atom. The lowest BCUT2D eigenvalue weighted by Gasteiger charge is -2.08. The molecule has 0 aliphatic carbocycles. The highest BCUT2D eigenvalue weighted by Gasteiger charge is 2.11. The highest BCUT2D eigenvalue weighted by molar-refractivity contribution is 14.1. The molecular formula is C13H10INO3S. The SMILES string of the molecule is Cc1cc(C(=O)O)ccc1NC(=O)c1csc(I)c1. The fourth-order valence-electron chi connectivity index (χ4n) is 1.56. The molecule has 0 aliphatic rings. The van der Waals surface area contributed by atoms with Crippen LogP contribution in [-0.4, -0.2) is 17.0 Å². The van der Waals surface area contributed by atoms with Crippen LogP contribution in [0.3, 0.4) is 0 Å². The maximum atomic E-state index is 12.0. The molecule has 1 aromatic heterocycles. The van der Waals surface area contributed by atoms with Crippen molar-refractivity contribution in [2.24, 2.45) is 0 Å². The maximum absolute atomic E-state index is 12.0. The van der Waals surface area contributed by atoms with Gasteiger partial charge in [-0.3, -0.25) is 4.79 Å². The Labute approximate surface area is 127 Å². The number of rotatable bonds is 3. The Hall–Kier alpha value is -1.41. The van der Waals surface area contributed by atoms with Gasteiger partial charge in [0, 0.05) is 11.1 Å². The summed E-state index contributed by atoms with van der Waals surface area (Å²) in [4.78, 5) is 22.8. The minimum Gasteiger partial charge on any atom is -0.478 e. The lowest BCUT2D eigenvalue weighted by molar-refractivity contribution is 0.0696. The molecular weight excluding hydrogens is 377 g/mol. The molecule has 2 rings (SSSR count). The van der Waals surface area contributed by atoms with Gasteiger partial charge in [0.1, 0.15) is 0 Å². The van der Waals surface area contributed by atoms with Crippen LogP contribution in [0, 0.1) is 9.81 Å². The molecule has 2 aromatic rings. The molecule has 0 aliphatic heterocycles. The van der Waals surface area contributed by atoms with E-state index >= 15 is 0 Å². The minimum atomic E-state index is -0.978. The van der Waals surface area contributed by atoms with Gasteiger partial charge in [-0.25, -0.2) is 4.79 Å². The molecule has 1 aromatic carbocycles. The first-order valence-corrected chi connectivity index (χ1v) is 7.32. The molecule has 19 heavy (non-hydrogen) atoms. The minimum absolute atomic E-state index is 0.189. The number of amides is 1. The fraction of sp³-hybridized carbons (Fsp3) is 0.0769. The summed E-state index contributed by atoms with van der Waals surface area (Å²) in [5, 5.41) is 13.4. The lowest BCUT2D eigenvalue weighted by Crippen LogP contribution is -2.12. The van der Waals surface area contributed by atoms with Crippen LogP contribution in [0.2, 0.25) is 0 Å². The normalized spacial score (nSPS) is 10.2. The van der Waals surface area contributed by atoms with Crippen molar-refractivity contribution in [2.45, 2.75) is 6.92 Å². The van der Waals surface area contributed by atoms with Gasteiger partial charge in [0.2, 0.25) is 0 Å². The number of carboxylic acid groups (broad SMARTS) is 1. The van der Waals surface area contributed by atoms with Crippen LogP contribution in [0.25, 0.3) is 0 Å². The average Bonchev–Trinajstić information content (AvgIpc) is 2.78. The molecule has 0 saturated heterocycles. The van der Waals surface area contributed by atoms with Gasteiger partial charge in [0.05, 0.1) is 14.0 Å². The summed E-state index contributed by atoms with van der Waals surface area (Å²) in [6.07, 6.45) is 0. The zero-order chi connectivity index (χ0) is 14.0. The number of benzene rings is 1. The number of anilines is 1. The summed E-state index contributed by atoms with van der Waals surface area (Å²) >= 11 is 3.66. The first-order valence-electron chi connectivity index (χ1n) is 5.36. The van der Waals surface area contributed by atoms with Crippen LogP contribution in [0.4, 0.5) is 5.69 Å². The van der Waals surface area contributed by atoms with Crippen molar-refractivity contribution in [1.29, 1.82) is 0 Å². The smallest absolute Gasteiger partial charge is 0.335 e. The van der Waals surface area contributed by atoms with E-state index in [1.807, 2.05) is 6.07 Å². The van der Waals surface area contributed by atoms with Gasteiger partial charge in [0.25, 0.3) is 5.91 Å². The topological polar surface area (TPSA) is 66.4 Å². The Morgan fingerprint density at radius 1 is 1.26 bits per heavy atom. The molecule has 0 saturated carbocycles. The summed E-state index contributed by atoms with van der Waals surface area (Å²) < 4.78 is 1.04. The van der Waals surface area contributed by atoms with Crippen molar-refractivity contribution < 1.29 is 14.7 Å². The Morgan fingerprint density at radius 2 is 2.00 bits per heavy atom. The van der Waals surface area contributed by atoms with Gasteiger partial charge in [-0.2, -0.15) is 0 Å². The molecule has 0 radical (unpaired) electrons. The number of carboxylic acids is 1. The standard InChI is InChI=1S/C13H10INO3S/c1-7-4-8(13(17)18)2-3-10(7)15-12(16)9-5-11(14)19-6-9/h2-6H,1H3,(H,15,16)(H,17,18). The molecule has 1 heterocycles. The fourth-order valence-corrected chi connectivity index (χ4v) is 2.89. The number of aryl methyl sites for hydroxylation is 1. The Balaban J connectivity index is 2.20.